The Morgan fingerprint density at radius 2 is 1.70 bits per heavy atom. The highest BCUT2D eigenvalue weighted by Gasteiger charge is 2.41. The summed E-state index contributed by atoms with van der Waals surface area (Å²) < 4.78 is 13.6. The minimum absolute atomic E-state index is 0.115. The molecule has 1 aliphatic carbocycles. The van der Waals surface area contributed by atoms with E-state index < -0.39 is 0 Å². The van der Waals surface area contributed by atoms with E-state index in [0.29, 0.717) is 11.5 Å². The molecule has 0 bridgehead atoms. The number of nitrogens with one attached hydrogen (secondary N) is 1. The molecule has 0 amide bonds. The van der Waals surface area contributed by atoms with Crippen molar-refractivity contribution in [2.45, 2.75) is 65.8 Å². The van der Waals surface area contributed by atoms with Crippen LogP contribution >= 0.6 is 0 Å². The van der Waals surface area contributed by atoms with Crippen LogP contribution in [0.15, 0.2) is 12.1 Å². The summed E-state index contributed by atoms with van der Waals surface area (Å²) in [5.74, 6) is -0.115. The van der Waals surface area contributed by atoms with Gasteiger partial charge < -0.3 is 5.32 Å². The van der Waals surface area contributed by atoms with E-state index in [-0.39, 0.29) is 5.82 Å². The predicted octanol–water partition coefficient (Wildman–Crippen LogP) is 5.06. The van der Waals surface area contributed by atoms with Crippen LogP contribution in [0.3, 0.4) is 0 Å². The second-order valence-corrected chi connectivity index (χ2v) is 6.37. The van der Waals surface area contributed by atoms with Crippen LogP contribution in [0, 0.1) is 25.1 Å². The standard InChI is InChI=1S/C18H28FN/c1-5-18(9-7-8-10-18)17(20-6-2)16-13(3)11-15(19)12-14(16)4/h11-12,17,20H,5-10H2,1-4H3. The Hall–Kier alpha value is -0.890. The van der Waals surface area contributed by atoms with Crippen LogP contribution in [0.5, 0.6) is 0 Å². The fraction of sp³-hybridized carbons (Fsp3) is 0.667. The molecule has 1 saturated carbocycles. The fourth-order valence-corrected chi connectivity index (χ4v) is 4.13. The summed E-state index contributed by atoms with van der Waals surface area (Å²) in [4.78, 5) is 0. The quantitative estimate of drug-likeness (QED) is 0.793. The maximum atomic E-state index is 13.6. The van der Waals surface area contributed by atoms with Crippen molar-refractivity contribution < 1.29 is 4.39 Å². The minimum atomic E-state index is -0.115. The Kier molecular flexibility index (Phi) is 4.85. The molecule has 0 spiro atoms. The Labute approximate surface area is 123 Å². The monoisotopic (exact) mass is 277 g/mol. The molecule has 1 aromatic rings. The molecule has 1 atom stereocenters. The van der Waals surface area contributed by atoms with Crippen LogP contribution in [0.4, 0.5) is 4.39 Å². The first-order valence-electron chi connectivity index (χ1n) is 8.04. The van der Waals surface area contributed by atoms with E-state index in [9.17, 15) is 4.39 Å². The van der Waals surface area contributed by atoms with Crippen molar-refractivity contribution in [1.82, 2.24) is 5.32 Å². The average molecular weight is 277 g/mol. The summed E-state index contributed by atoms with van der Waals surface area (Å²) in [7, 11) is 0. The number of benzene rings is 1. The highest BCUT2D eigenvalue weighted by atomic mass is 19.1. The Balaban J connectivity index is 2.48. The molecule has 1 unspecified atom stereocenters. The summed E-state index contributed by atoms with van der Waals surface area (Å²) in [5, 5.41) is 3.71. The molecular weight excluding hydrogens is 249 g/mol. The second-order valence-electron chi connectivity index (χ2n) is 6.37. The molecule has 0 aliphatic heterocycles. The van der Waals surface area contributed by atoms with Crippen LogP contribution < -0.4 is 5.32 Å². The maximum Gasteiger partial charge on any atom is 0.123 e. The number of aryl methyl sites for hydroxylation is 2. The van der Waals surface area contributed by atoms with Crippen LogP contribution in [0.1, 0.15) is 68.7 Å². The van der Waals surface area contributed by atoms with E-state index in [1.54, 1.807) is 12.1 Å². The Morgan fingerprint density at radius 3 is 2.15 bits per heavy atom. The van der Waals surface area contributed by atoms with Gasteiger partial charge in [0.15, 0.2) is 0 Å². The lowest BCUT2D eigenvalue weighted by Crippen LogP contribution is -2.37. The topological polar surface area (TPSA) is 12.0 Å². The summed E-state index contributed by atoms with van der Waals surface area (Å²) >= 11 is 0. The number of hydrogen-bond acceptors (Lipinski definition) is 1. The number of halogens is 1. The highest BCUT2D eigenvalue weighted by molar-refractivity contribution is 5.38. The molecule has 1 N–H and O–H groups in total. The predicted molar refractivity (Wildman–Crippen MR) is 83.5 cm³/mol. The zero-order valence-electron chi connectivity index (χ0n) is 13.4. The first kappa shape index (κ1) is 15.5. The smallest absolute Gasteiger partial charge is 0.123 e. The molecule has 20 heavy (non-hydrogen) atoms. The Bertz CT molecular complexity index is 437. The van der Waals surface area contributed by atoms with Gasteiger partial charge in [-0.3, -0.25) is 0 Å². The molecule has 0 heterocycles. The first-order valence-corrected chi connectivity index (χ1v) is 8.04. The lowest BCUT2D eigenvalue weighted by atomic mass is 9.71. The lowest BCUT2D eigenvalue weighted by molar-refractivity contribution is 0.188. The van der Waals surface area contributed by atoms with Crippen molar-refractivity contribution in [3.05, 3.63) is 34.6 Å². The molecule has 1 aliphatic rings. The number of hydrogen-bond donors (Lipinski definition) is 1. The molecule has 2 rings (SSSR count). The van der Waals surface area contributed by atoms with E-state index in [0.717, 1.165) is 17.7 Å². The van der Waals surface area contributed by atoms with Gasteiger partial charge in [0.05, 0.1) is 0 Å². The molecule has 1 fully saturated rings. The third-order valence-corrected chi connectivity index (χ3v) is 5.17. The van der Waals surface area contributed by atoms with Gasteiger partial charge >= 0.3 is 0 Å². The summed E-state index contributed by atoms with van der Waals surface area (Å²) in [6.07, 6.45) is 6.43. The highest BCUT2D eigenvalue weighted by Crippen LogP contribution is 2.51. The van der Waals surface area contributed by atoms with Gasteiger partial charge in [0, 0.05) is 6.04 Å². The van der Waals surface area contributed by atoms with Gasteiger partial charge in [-0.25, -0.2) is 4.39 Å². The lowest BCUT2D eigenvalue weighted by Gasteiger charge is -2.39. The second kappa shape index (κ2) is 6.26. The first-order chi connectivity index (χ1) is 9.54. The molecule has 1 aromatic carbocycles. The van der Waals surface area contributed by atoms with Gasteiger partial charge in [0.2, 0.25) is 0 Å². The normalized spacial score (nSPS) is 19.2. The molecular formula is C18H28FN. The van der Waals surface area contributed by atoms with Crippen molar-refractivity contribution >= 4 is 0 Å². The van der Waals surface area contributed by atoms with E-state index in [1.807, 2.05) is 13.8 Å². The van der Waals surface area contributed by atoms with Crippen LogP contribution in [-0.4, -0.2) is 6.54 Å². The van der Waals surface area contributed by atoms with Crippen LogP contribution in [-0.2, 0) is 0 Å². The molecule has 1 nitrogen and oxygen atoms in total. The third-order valence-electron chi connectivity index (χ3n) is 5.17. The van der Waals surface area contributed by atoms with Gasteiger partial charge in [-0.1, -0.05) is 26.7 Å². The minimum Gasteiger partial charge on any atom is -0.310 e. The van der Waals surface area contributed by atoms with E-state index in [4.69, 9.17) is 0 Å². The Morgan fingerprint density at radius 1 is 1.15 bits per heavy atom. The van der Waals surface area contributed by atoms with Crippen LogP contribution in [0.25, 0.3) is 0 Å². The summed E-state index contributed by atoms with van der Waals surface area (Å²) in [6.45, 7) is 9.54. The van der Waals surface area contributed by atoms with Crippen LogP contribution in [0.2, 0.25) is 0 Å². The van der Waals surface area contributed by atoms with Crippen molar-refractivity contribution in [1.29, 1.82) is 0 Å². The maximum absolute atomic E-state index is 13.6. The van der Waals surface area contributed by atoms with Gasteiger partial charge in [-0.15, -0.1) is 0 Å². The van der Waals surface area contributed by atoms with Gasteiger partial charge in [0.1, 0.15) is 5.82 Å². The van der Waals surface area contributed by atoms with Crippen molar-refractivity contribution in [2.24, 2.45) is 5.41 Å². The van der Waals surface area contributed by atoms with Gasteiger partial charge in [0.25, 0.3) is 0 Å². The summed E-state index contributed by atoms with van der Waals surface area (Å²) in [6, 6.07) is 3.73. The van der Waals surface area contributed by atoms with E-state index in [1.165, 1.54) is 37.7 Å². The van der Waals surface area contributed by atoms with Crippen molar-refractivity contribution in [2.75, 3.05) is 6.54 Å². The van der Waals surface area contributed by atoms with Crippen molar-refractivity contribution in [3.63, 3.8) is 0 Å². The van der Waals surface area contributed by atoms with Gasteiger partial charge in [-0.2, -0.15) is 0 Å². The zero-order chi connectivity index (χ0) is 14.8. The van der Waals surface area contributed by atoms with E-state index >= 15 is 0 Å². The largest absolute Gasteiger partial charge is 0.310 e. The molecule has 0 radical (unpaired) electrons. The molecule has 0 saturated heterocycles. The molecule has 2 heteroatoms. The summed E-state index contributed by atoms with van der Waals surface area (Å²) in [5.41, 5.74) is 3.86. The zero-order valence-corrected chi connectivity index (χ0v) is 13.4. The van der Waals surface area contributed by atoms with Crippen molar-refractivity contribution in [3.8, 4) is 0 Å². The third kappa shape index (κ3) is 2.76. The number of rotatable bonds is 5. The fourth-order valence-electron chi connectivity index (χ4n) is 4.13. The SMILES string of the molecule is CCNC(c1c(C)cc(F)cc1C)C1(CC)CCCC1. The van der Waals surface area contributed by atoms with Gasteiger partial charge in [-0.05, 0) is 73.9 Å². The van der Waals surface area contributed by atoms with E-state index in [2.05, 4.69) is 19.2 Å². The average Bonchev–Trinajstić information content (AvgIpc) is 2.86. The molecule has 0 aromatic heterocycles. The molecule has 112 valence electrons.